The number of oxazole rings is 1. The van der Waals surface area contributed by atoms with E-state index < -0.39 is 0 Å². The van der Waals surface area contributed by atoms with Crippen LogP contribution in [0.3, 0.4) is 0 Å². The largest absolute Gasteiger partial charge is 0.441 e. The first-order valence-corrected chi connectivity index (χ1v) is 5.53. The molecule has 0 radical (unpaired) electrons. The number of carbonyl (C=O) groups is 1. The molecular formula is C13H11N3O2. The maximum absolute atomic E-state index is 11.1. The third-order valence-corrected chi connectivity index (χ3v) is 2.86. The quantitative estimate of drug-likeness (QED) is 0.646. The van der Waals surface area contributed by atoms with Crippen molar-refractivity contribution in [3.8, 4) is 11.3 Å². The van der Waals surface area contributed by atoms with E-state index in [1.165, 1.54) is 0 Å². The van der Waals surface area contributed by atoms with E-state index in [1.54, 1.807) is 24.9 Å². The van der Waals surface area contributed by atoms with Crippen molar-refractivity contribution in [2.75, 3.05) is 0 Å². The monoisotopic (exact) mass is 241 g/mol. The van der Waals surface area contributed by atoms with Gasteiger partial charge in [0.25, 0.3) is 0 Å². The Balaban J connectivity index is 2.21. The van der Waals surface area contributed by atoms with Crippen LogP contribution in [0.15, 0.2) is 28.9 Å². The minimum atomic E-state index is 0.547. The van der Waals surface area contributed by atoms with Crippen LogP contribution in [-0.2, 0) is 7.05 Å². The Morgan fingerprint density at radius 2 is 2.22 bits per heavy atom. The third kappa shape index (κ3) is 1.52. The summed E-state index contributed by atoms with van der Waals surface area (Å²) < 4.78 is 7.17. The minimum absolute atomic E-state index is 0.547. The summed E-state index contributed by atoms with van der Waals surface area (Å²) >= 11 is 0. The predicted molar refractivity (Wildman–Crippen MR) is 66.3 cm³/mol. The van der Waals surface area contributed by atoms with Crippen molar-refractivity contribution >= 4 is 17.4 Å². The number of hydrogen-bond acceptors (Lipinski definition) is 4. The number of hydrogen-bond donors (Lipinski definition) is 0. The van der Waals surface area contributed by atoms with E-state index in [0.717, 1.165) is 17.4 Å². The molecule has 3 rings (SSSR count). The summed E-state index contributed by atoms with van der Waals surface area (Å²) in [4.78, 5) is 19.5. The van der Waals surface area contributed by atoms with Crippen LogP contribution in [0.2, 0.25) is 0 Å². The van der Waals surface area contributed by atoms with Crippen LogP contribution in [0.4, 0.5) is 0 Å². The molecule has 18 heavy (non-hydrogen) atoms. The van der Waals surface area contributed by atoms with E-state index in [1.807, 2.05) is 18.2 Å². The van der Waals surface area contributed by atoms with Crippen LogP contribution in [0, 0.1) is 6.92 Å². The van der Waals surface area contributed by atoms with Crippen molar-refractivity contribution in [1.29, 1.82) is 0 Å². The number of aldehydes is 1. The molecule has 0 amide bonds. The molecule has 0 spiro atoms. The number of rotatable bonds is 2. The second kappa shape index (κ2) is 3.80. The maximum Gasteiger partial charge on any atom is 0.192 e. The molecule has 2 heterocycles. The van der Waals surface area contributed by atoms with Gasteiger partial charge >= 0.3 is 0 Å². The summed E-state index contributed by atoms with van der Waals surface area (Å²) in [6.07, 6.45) is 2.42. The lowest BCUT2D eigenvalue weighted by Gasteiger charge is -1.99. The fourth-order valence-corrected chi connectivity index (χ4v) is 1.99. The summed E-state index contributed by atoms with van der Waals surface area (Å²) in [5, 5.41) is 0. The Bertz CT molecular complexity index is 740. The highest BCUT2D eigenvalue weighted by molar-refractivity contribution is 5.87. The Hall–Kier alpha value is -2.43. The molecule has 1 aromatic carbocycles. The smallest absolute Gasteiger partial charge is 0.192 e. The number of imidazole rings is 1. The Morgan fingerprint density at radius 3 is 3.00 bits per heavy atom. The van der Waals surface area contributed by atoms with E-state index in [9.17, 15) is 4.79 Å². The van der Waals surface area contributed by atoms with Crippen molar-refractivity contribution in [2.24, 2.45) is 7.05 Å². The summed E-state index contributed by atoms with van der Waals surface area (Å²) in [5.74, 6) is 0.624. The van der Waals surface area contributed by atoms with E-state index in [-0.39, 0.29) is 0 Å². The summed E-state index contributed by atoms with van der Waals surface area (Å²) in [6, 6.07) is 5.61. The molecule has 0 atom stereocenters. The van der Waals surface area contributed by atoms with Gasteiger partial charge in [0.2, 0.25) is 0 Å². The molecule has 0 bridgehead atoms. The molecule has 0 aliphatic carbocycles. The van der Waals surface area contributed by atoms with Gasteiger partial charge in [0.1, 0.15) is 11.2 Å². The molecule has 0 saturated carbocycles. The van der Waals surface area contributed by atoms with Gasteiger partial charge in [-0.1, -0.05) is 6.07 Å². The van der Waals surface area contributed by atoms with Gasteiger partial charge in [-0.25, -0.2) is 9.97 Å². The fraction of sp³-hybridized carbons (Fsp3) is 0.154. The average molecular weight is 241 g/mol. The second-order valence-corrected chi connectivity index (χ2v) is 4.12. The Kier molecular flexibility index (Phi) is 2.26. The second-order valence-electron chi connectivity index (χ2n) is 4.12. The van der Waals surface area contributed by atoms with Crippen molar-refractivity contribution in [2.45, 2.75) is 6.92 Å². The zero-order chi connectivity index (χ0) is 12.7. The minimum Gasteiger partial charge on any atom is -0.441 e. The lowest BCUT2D eigenvalue weighted by atomic mass is 10.1. The molecular weight excluding hydrogens is 230 g/mol. The highest BCUT2D eigenvalue weighted by Gasteiger charge is 2.12. The van der Waals surface area contributed by atoms with Crippen molar-refractivity contribution in [1.82, 2.24) is 14.5 Å². The average Bonchev–Trinajstić information content (AvgIpc) is 2.89. The third-order valence-electron chi connectivity index (χ3n) is 2.86. The lowest BCUT2D eigenvalue weighted by molar-refractivity contribution is 0.111. The lowest BCUT2D eigenvalue weighted by Crippen LogP contribution is -1.94. The van der Waals surface area contributed by atoms with E-state index in [0.29, 0.717) is 22.9 Å². The molecule has 5 heteroatoms. The molecule has 3 aromatic rings. The van der Waals surface area contributed by atoms with Crippen LogP contribution >= 0.6 is 0 Å². The van der Waals surface area contributed by atoms with Crippen molar-refractivity contribution < 1.29 is 9.21 Å². The zero-order valence-electron chi connectivity index (χ0n) is 10.0. The number of carbonyl (C=O) groups excluding carboxylic acids is 1. The molecule has 2 aromatic heterocycles. The predicted octanol–water partition coefficient (Wildman–Crippen LogP) is 2.35. The first-order valence-electron chi connectivity index (χ1n) is 5.53. The molecule has 0 aliphatic rings. The number of fused-ring (bicyclic) bond motifs is 1. The topological polar surface area (TPSA) is 60.9 Å². The van der Waals surface area contributed by atoms with Crippen LogP contribution in [0.1, 0.15) is 16.4 Å². The first-order chi connectivity index (χ1) is 8.69. The normalized spacial score (nSPS) is 11.0. The Labute approximate surface area is 103 Å². The molecule has 0 unspecified atom stereocenters. The molecule has 0 N–H and O–H groups in total. The highest BCUT2D eigenvalue weighted by atomic mass is 16.3. The summed E-state index contributed by atoms with van der Waals surface area (Å²) in [5.41, 5.74) is 3.56. The van der Waals surface area contributed by atoms with Crippen LogP contribution in [0.25, 0.3) is 22.4 Å². The van der Waals surface area contributed by atoms with E-state index >= 15 is 0 Å². The number of aryl methyl sites for hydroxylation is 2. The van der Waals surface area contributed by atoms with Gasteiger partial charge in [-0.05, 0) is 12.1 Å². The van der Waals surface area contributed by atoms with Crippen LogP contribution < -0.4 is 0 Å². The maximum atomic E-state index is 11.1. The molecule has 5 nitrogen and oxygen atoms in total. The van der Waals surface area contributed by atoms with Crippen molar-refractivity contribution in [3.63, 3.8) is 0 Å². The van der Waals surface area contributed by atoms with Gasteiger partial charge in [-0.3, -0.25) is 4.79 Å². The molecule has 90 valence electrons. The summed E-state index contributed by atoms with van der Waals surface area (Å²) in [6.45, 7) is 1.80. The van der Waals surface area contributed by atoms with Gasteiger partial charge in [0.15, 0.2) is 17.8 Å². The SMILES string of the molecule is Cc1nc2ccc(-c3ncn(C)c3C=O)cc2o1. The van der Waals surface area contributed by atoms with Gasteiger partial charge in [-0.2, -0.15) is 0 Å². The van der Waals surface area contributed by atoms with Gasteiger partial charge in [-0.15, -0.1) is 0 Å². The first kappa shape index (κ1) is 10.7. The van der Waals surface area contributed by atoms with Gasteiger partial charge in [0, 0.05) is 19.5 Å². The van der Waals surface area contributed by atoms with Gasteiger partial charge in [0.05, 0.1) is 12.0 Å². The summed E-state index contributed by atoms with van der Waals surface area (Å²) in [7, 11) is 1.79. The zero-order valence-corrected chi connectivity index (χ0v) is 10.0. The standard InChI is InChI=1S/C13H11N3O2/c1-8-15-10-4-3-9(5-12(10)18-8)13-11(6-17)16(2)7-14-13/h3-7H,1-2H3. The van der Waals surface area contributed by atoms with Gasteiger partial charge < -0.3 is 8.98 Å². The Morgan fingerprint density at radius 1 is 1.39 bits per heavy atom. The number of aromatic nitrogens is 3. The fourth-order valence-electron chi connectivity index (χ4n) is 1.99. The van der Waals surface area contributed by atoms with Crippen LogP contribution in [0.5, 0.6) is 0 Å². The molecule has 0 saturated heterocycles. The highest BCUT2D eigenvalue weighted by Crippen LogP contribution is 2.25. The molecule has 0 aliphatic heterocycles. The molecule has 0 fully saturated rings. The number of benzene rings is 1. The van der Waals surface area contributed by atoms with Crippen molar-refractivity contribution in [3.05, 3.63) is 36.1 Å². The van der Waals surface area contributed by atoms with E-state index in [4.69, 9.17) is 4.42 Å². The van der Waals surface area contributed by atoms with Crippen LogP contribution in [-0.4, -0.2) is 20.8 Å². The number of nitrogens with zero attached hydrogens (tertiary/aromatic N) is 3. The van der Waals surface area contributed by atoms with E-state index in [2.05, 4.69) is 9.97 Å².